The summed E-state index contributed by atoms with van der Waals surface area (Å²) in [6.07, 6.45) is 28.3. The summed E-state index contributed by atoms with van der Waals surface area (Å²) in [5.74, 6) is 0.787. The molecule has 0 fully saturated rings. The van der Waals surface area contributed by atoms with Crippen molar-refractivity contribution in [3.05, 3.63) is 42.0 Å². The quantitative estimate of drug-likeness (QED) is 0.225. The second-order valence-electron chi connectivity index (χ2n) is 9.05. The van der Waals surface area contributed by atoms with Crippen molar-refractivity contribution >= 4 is 0 Å². The highest BCUT2D eigenvalue weighted by Crippen LogP contribution is 2.16. The zero-order valence-corrected chi connectivity index (χ0v) is 20.2. The van der Waals surface area contributed by atoms with Crippen LogP contribution in [-0.4, -0.2) is 15.0 Å². The van der Waals surface area contributed by atoms with Crippen LogP contribution in [0.25, 0.3) is 11.4 Å². The molecule has 3 nitrogen and oxygen atoms in total. The molecule has 0 bridgehead atoms. The van der Waals surface area contributed by atoms with E-state index < -0.39 is 0 Å². The first-order valence-corrected chi connectivity index (χ1v) is 13.1. The highest BCUT2D eigenvalue weighted by Gasteiger charge is 2.04. The van der Waals surface area contributed by atoms with Gasteiger partial charge in [-0.05, 0) is 43.4 Å². The van der Waals surface area contributed by atoms with Crippen molar-refractivity contribution in [3.8, 4) is 11.4 Å². The number of hydrogen-bond donors (Lipinski definition) is 0. The number of rotatable bonds is 18. The van der Waals surface area contributed by atoms with Crippen molar-refractivity contribution in [2.45, 2.75) is 123 Å². The third-order valence-corrected chi connectivity index (χ3v) is 6.14. The molecular weight excluding hydrogens is 378 g/mol. The van der Waals surface area contributed by atoms with E-state index in [-0.39, 0.29) is 0 Å². The molecule has 2 rings (SSSR count). The van der Waals surface area contributed by atoms with Crippen LogP contribution in [0.5, 0.6) is 0 Å². The van der Waals surface area contributed by atoms with Gasteiger partial charge in [0, 0.05) is 29.8 Å². The molecule has 172 valence electrons. The molecule has 31 heavy (non-hydrogen) atoms. The maximum absolute atomic E-state index is 4.65. The van der Waals surface area contributed by atoms with Crippen LogP contribution in [0.3, 0.4) is 0 Å². The lowest BCUT2D eigenvalue weighted by Gasteiger charge is -2.05. The fourth-order valence-electron chi connectivity index (χ4n) is 4.06. The molecule has 2 aromatic rings. The Morgan fingerprint density at radius 2 is 1.03 bits per heavy atom. The van der Waals surface area contributed by atoms with Gasteiger partial charge in [0.2, 0.25) is 0 Å². The molecule has 0 saturated carbocycles. The average molecular weight is 424 g/mol. The number of pyridine rings is 1. The monoisotopic (exact) mass is 423 g/mol. The molecular formula is C28H45N3. The van der Waals surface area contributed by atoms with Crippen LogP contribution in [0, 0.1) is 0 Å². The number of nitrogens with zero attached hydrogens (tertiary/aromatic N) is 3. The third kappa shape index (κ3) is 11.4. The molecule has 0 unspecified atom stereocenters. The van der Waals surface area contributed by atoms with Gasteiger partial charge in [-0.1, -0.05) is 97.3 Å². The maximum atomic E-state index is 4.65. The predicted octanol–water partition coefficient (Wildman–Crippen LogP) is 8.51. The van der Waals surface area contributed by atoms with Crippen molar-refractivity contribution in [3.63, 3.8) is 0 Å². The van der Waals surface area contributed by atoms with E-state index in [0.29, 0.717) is 0 Å². The zero-order chi connectivity index (χ0) is 22.0. The van der Waals surface area contributed by atoms with Gasteiger partial charge in [0.15, 0.2) is 5.82 Å². The van der Waals surface area contributed by atoms with Gasteiger partial charge in [0.05, 0.1) is 0 Å². The maximum Gasteiger partial charge on any atom is 0.160 e. The van der Waals surface area contributed by atoms with Crippen LogP contribution in [0.2, 0.25) is 0 Å². The predicted molar refractivity (Wildman–Crippen MR) is 133 cm³/mol. The summed E-state index contributed by atoms with van der Waals surface area (Å²) in [4.78, 5) is 13.8. The Hall–Kier alpha value is -1.77. The van der Waals surface area contributed by atoms with Gasteiger partial charge in [-0.3, -0.25) is 4.98 Å². The number of unbranched alkanes of at least 4 members (excludes halogenated alkanes) is 13. The topological polar surface area (TPSA) is 38.7 Å². The van der Waals surface area contributed by atoms with E-state index in [1.165, 1.54) is 108 Å². The summed E-state index contributed by atoms with van der Waals surface area (Å²) in [5.41, 5.74) is 3.45. The first-order valence-electron chi connectivity index (χ1n) is 13.1. The van der Waals surface area contributed by atoms with Gasteiger partial charge in [-0.2, -0.15) is 0 Å². The summed E-state index contributed by atoms with van der Waals surface area (Å²) in [7, 11) is 0. The molecule has 0 radical (unpaired) electrons. The molecule has 0 atom stereocenters. The second kappa shape index (κ2) is 16.9. The first-order chi connectivity index (χ1) is 15.3. The summed E-state index contributed by atoms with van der Waals surface area (Å²) >= 11 is 0. The van der Waals surface area contributed by atoms with Gasteiger partial charge in [0.1, 0.15) is 0 Å². The molecule has 0 aliphatic carbocycles. The van der Waals surface area contributed by atoms with Crippen molar-refractivity contribution in [2.75, 3.05) is 0 Å². The fourth-order valence-corrected chi connectivity index (χ4v) is 4.06. The van der Waals surface area contributed by atoms with E-state index >= 15 is 0 Å². The lowest BCUT2D eigenvalue weighted by molar-refractivity contribution is 0.574. The minimum Gasteiger partial charge on any atom is -0.261 e. The summed E-state index contributed by atoms with van der Waals surface area (Å²) in [6.45, 7) is 4.55. The second-order valence-corrected chi connectivity index (χ2v) is 9.05. The standard InChI is InChI=1S/C28H45N3/c1-3-5-7-9-11-13-15-17-19-27-21-20-26(24-29-27)28-30-22-25(23-31-28)18-16-14-12-10-8-6-4-2/h20-24H,3-19H2,1-2H3. The molecule has 0 spiro atoms. The van der Waals surface area contributed by atoms with Gasteiger partial charge in [-0.15, -0.1) is 0 Å². The molecule has 0 saturated heterocycles. The smallest absolute Gasteiger partial charge is 0.160 e. The lowest BCUT2D eigenvalue weighted by Crippen LogP contribution is -1.95. The Morgan fingerprint density at radius 1 is 0.516 bits per heavy atom. The third-order valence-electron chi connectivity index (χ3n) is 6.14. The average Bonchev–Trinajstić information content (AvgIpc) is 2.81. The van der Waals surface area contributed by atoms with E-state index in [2.05, 4.69) is 40.9 Å². The molecule has 0 aromatic carbocycles. The van der Waals surface area contributed by atoms with E-state index in [0.717, 1.165) is 24.2 Å². The van der Waals surface area contributed by atoms with Crippen LogP contribution in [-0.2, 0) is 12.8 Å². The number of aryl methyl sites for hydroxylation is 2. The van der Waals surface area contributed by atoms with E-state index in [1.807, 2.05) is 18.6 Å². The van der Waals surface area contributed by atoms with E-state index in [4.69, 9.17) is 0 Å². The van der Waals surface area contributed by atoms with Crippen LogP contribution < -0.4 is 0 Å². The Kier molecular flexibility index (Phi) is 13.9. The molecule has 3 heteroatoms. The molecule has 0 N–H and O–H groups in total. The minimum atomic E-state index is 0.787. The van der Waals surface area contributed by atoms with Gasteiger partial charge >= 0.3 is 0 Å². The van der Waals surface area contributed by atoms with Crippen molar-refractivity contribution in [1.82, 2.24) is 15.0 Å². The number of aromatic nitrogens is 3. The fraction of sp³-hybridized carbons (Fsp3) is 0.679. The zero-order valence-electron chi connectivity index (χ0n) is 20.2. The SMILES string of the molecule is CCCCCCCCCCc1ccc(-c2ncc(CCCCCCCCC)cn2)cn1. The Balaban J connectivity index is 1.63. The summed E-state index contributed by atoms with van der Waals surface area (Å²) < 4.78 is 0. The lowest BCUT2D eigenvalue weighted by atomic mass is 10.1. The summed E-state index contributed by atoms with van der Waals surface area (Å²) in [5, 5.41) is 0. The molecule has 0 aliphatic heterocycles. The van der Waals surface area contributed by atoms with Gasteiger partial charge in [0.25, 0.3) is 0 Å². The van der Waals surface area contributed by atoms with Gasteiger partial charge in [-0.25, -0.2) is 9.97 Å². The van der Waals surface area contributed by atoms with E-state index in [1.54, 1.807) is 0 Å². The Morgan fingerprint density at radius 3 is 1.55 bits per heavy atom. The van der Waals surface area contributed by atoms with Gasteiger partial charge < -0.3 is 0 Å². The molecule has 0 amide bonds. The van der Waals surface area contributed by atoms with Crippen LogP contribution in [0.15, 0.2) is 30.7 Å². The number of hydrogen-bond acceptors (Lipinski definition) is 3. The first kappa shape index (κ1) is 25.5. The largest absolute Gasteiger partial charge is 0.261 e. The highest BCUT2D eigenvalue weighted by atomic mass is 14.9. The van der Waals surface area contributed by atoms with Crippen molar-refractivity contribution in [1.29, 1.82) is 0 Å². The summed E-state index contributed by atoms with van der Waals surface area (Å²) in [6, 6.07) is 4.27. The Labute approximate surface area is 191 Å². The van der Waals surface area contributed by atoms with Crippen LogP contribution in [0.1, 0.15) is 121 Å². The van der Waals surface area contributed by atoms with Crippen molar-refractivity contribution in [2.24, 2.45) is 0 Å². The van der Waals surface area contributed by atoms with Crippen LogP contribution >= 0.6 is 0 Å². The van der Waals surface area contributed by atoms with E-state index in [9.17, 15) is 0 Å². The normalized spacial score (nSPS) is 11.2. The highest BCUT2D eigenvalue weighted by molar-refractivity contribution is 5.53. The molecule has 2 heterocycles. The molecule has 0 aliphatic rings. The molecule has 2 aromatic heterocycles. The van der Waals surface area contributed by atoms with Crippen LogP contribution in [0.4, 0.5) is 0 Å². The Bertz CT molecular complexity index is 664. The van der Waals surface area contributed by atoms with Crippen molar-refractivity contribution < 1.29 is 0 Å². The minimum absolute atomic E-state index is 0.787.